The highest BCUT2D eigenvalue weighted by Crippen LogP contribution is 1.98. The van der Waals surface area contributed by atoms with Crippen LogP contribution in [0.1, 0.15) is 5.56 Å². The molecule has 0 bridgehead atoms. The lowest BCUT2D eigenvalue weighted by molar-refractivity contribution is 0.678. The van der Waals surface area contributed by atoms with Gasteiger partial charge in [-0.15, -0.1) is 0 Å². The van der Waals surface area contributed by atoms with E-state index < -0.39 is 5.69 Å². The summed E-state index contributed by atoms with van der Waals surface area (Å²) in [6, 6.07) is 10.5. The van der Waals surface area contributed by atoms with E-state index in [9.17, 15) is 9.59 Å². The zero-order valence-electron chi connectivity index (χ0n) is 9.54. The highest BCUT2D eigenvalue weighted by Gasteiger charge is 2.04. The third-order valence-corrected chi connectivity index (χ3v) is 2.48. The summed E-state index contributed by atoms with van der Waals surface area (Å²) in [7, 11) is 0. The third kappa shape index (κ3) is 2.36. The third-order valence-electron chi connectivity index (χ3n) is 2.48. The van der Waals surface area contributed by atoms with E-state index >= 15 is 0 Å². The lowest BCUT2D eigenvalue weighted by Gasteiger charge is -2.06. The van der Waals surface area contributed by atoms with Gasteiger partial charge in [-0.25, -0.2) is 4.79 Å². The van der Waals surface area contributed by atoms with Gasteiger partial charge in [0.1, 0.15) is 0 Å². The van der Waals surface area contributed by atoms with Crippen molar-refractivity contribution in [2.24, 2.45) is 0 Å². The van der Waals surface area contributed by atoms with Crippen molar-refractivity contribution in [2.75, 3.05) is 0 Å². The Bertz CT molecular complexity index is 707. The second kappa shape index (κ2) is 5.12. The van der Waals surface area contributed by atoms with Crippen molar-refractivity contribution >= 4 is 12.1 Å². The Morgan fingerprint density at radius 2 is 1.89 bits per heavy atom. The summed E-state index contributed by atoms with van der Waals surface area (Å²) in [6.07, 6.45) is 2.50. The quantitative estimate of drug-likeness (QED) is 0.807. The largest absolute Gasteiger partial charge is 0.335 e. The van der Waals surface area contributed by atoms with E-state index in [-0.39, 0.29) is 12.1 Å². The lowest BCUT2D eigenvalue weighted by atomic mass is 10.2. The van der Waals surface area contributed by atoms with Gasteiger partial charge in [-0.2, -0.15) is 0 Å². The fraction of sp³-hybridized carbons (Fsp3) is 0.0769. The molecule has 1 N–H and O–H groups in total. The predicted octanol–water partition coefficient (Wildman–Crippen LogP) is 0.777. The van der Waals surface area contributed by atoms with Crippen molar-refractivity contribution in [3.05, 3.63) is 69.0 Å². The molecule has 5 nitrogen and oxygen atoms in total. The van der Waals surface area contributed by atoms with Crippen LogP contribution >= 0.6 is 0 Å². The van der Waals surface area contributed by atoms with E-state index in [4.69, 9.17) is 5.41 Å². The molecule has 0 aliphatic rings. The van der Waals surface area contributed by atoms with E-state index in [1.54, 1.807) is 0 Å². The van der Waals surface area contributed by atoms with Gasteiger partial charge in [-0.05, 0) is 11.4 Å². The van der Waals surface area contributed by atoms with Gasteiger partial charge < -0.3 is 0 Å². The van der Waals surface area contributed by atoms with Crippen molar-refractivity contribution in [3.8, 4) is 0 Å². The maximum Gasteiger partial charge on any atom is 0.335 e. The summed E-state index contributed by atoms with van der Waals surface area (Å²) in [4.78, 5) is 23.6. The molecule has 0 spiro atoms. The van der Waals surface area contributed by atoms with Crippen molar-refractivity contribution in [1.29, 1.82) is 5.41 Å². The second-order valence-electron chi connectivity index (χ2n) is 3.69. The van der Waals surface area contributed by atoms with E-state index in [0.717, 1.165) is 14.7 Å². The van der Waals surface area contributed by atoms with Gasteiger partial charge in [0.05, 0.1) is 12.7 Å². The first kappa shape index (κ1) is 11.8. The van der Waals surface area contributed by atoms with Gasteiger partial charge in [0.25, 0.3) is 5.56 Å². The molecule has 18 heavy (non-hydrogen) atoms. The highest BCUT2D eigenvalue weighted by molar-refractivity contribution is 5.65. The number of aromatic nitrogens is 2. The summed E-state index contributed by atoms with van der Waals surface area (Å²) in [5, 5.41) is 6.83. The van der Waals surface area contributed by atoms with Crippen molar-refractivity contribution in [3.63, 3.8) is 0 Å². The van der Waals surface area contributed by atoms with E-state index in [0.29, 0.717) is 0 Å². The van der Waals surface area contributed by atoms with Gasteiger partial charge in [-0.3, -0.25) is 19.3 Å². The van der Waals surface area contributed by atoms with Gasteiger partial charge in [0, 0.05) is 12.3 Å². The molecule has 0 saturated carbocycles. The number of hydrogen-bond acceptors (Lipinski definition) is 3. The number of hydrogen-bond donors (Lipinski definition) is 1. The Hall–Kier alpha value is -2.65. The van der Waals surface area contributed by atoms with Gasteiger partial charge in [0.15, 0.2) is 0 Å². The fourth-order valence-corrected chi connectivity index (χ4v) is 1.61. The van der Waals surface area contributed by atoms with Gasteiger partial charge >= 0.3 is 5.69 Å². The lowest BCUT2D eigenvalue weighted by Crippen LogP contribution is -2.37. The van der Waals surface area contributed by atoms with Crippen LogP contribution in [0.3, 0.4) is 0 Å². The predicted molar refractivity (Wildman–Crippen MR) is 69.0 cm³/mol. The molecule has 0 atom stereocenters. The number of nitrogens with one attached hydrogen (secondary N) is 1. The summed E-state index contributed by atoms with van der Waals surface area (Å²) < 4.78 is 2.26. The normalized spacial score (nSPS) is 9.78. The summed E-state index contributed by atoms with van der Waals surface area (Å²) in [5.74, 6) is 2.01. The van der Waals surface area contributed by atoms with Crippen molar-refractivity contribution in [2.45, 2.75) is 6.54 Å². The summed E-state index contributed by atoms with van der Waals surface area (Å²) in [6.45, 7) is 0.213. The molecule has 0 aliphatic carbocycles. The average Bonchev–Trinajstić information content (AvgIpc) is 2.39. The van der Waals surface area contributed by atoms with Gasteiger partial charge in [0.2, 0.25) is 0 Å². The zero-order valence-corrected chi connectivity index (χ0v) is 9.54. The van der Waals surface area contributed by atoms with E-state index in [1.165, 1.54) is 18.5 Å². The minimum absolute atomic E-state index is 0.213. The summed E-state index contributed by atoms with van der Waals surface area (Å²) in [5.41, 5.74) is 0.0258. The molecular formula is C13H11N3O2. The molecule has 5 heteroatoms. The maximum atomic E-state index is 12.0. The second-order valence-corrected chi connectivity index (χ2v) is 3.69. The van der Waals surface area contributed by atoms with Crippen LogP contribution in [0.4, 0.5) is 0 Å². The number of nitrogens with zero attached hydrogens (tertiary/aromatic N) is 2. The molecule has 0 radical (unpaired) electrons. The topological polar surface area (TPSA) is 67.8 Å². The van der Waals surface area contributed by atoms with Crippen LogP contribution in [0, 0.1) is 5.41 Å². The number of rotatable bonds is 3. The molecule has 1 aromatic heterocycles. The zero-order chi connectivity index (χ0) is 13.0. The number of benzene rings is 1. The molecule has 1 aromatic carbocycles. The van der Waals surface area contributed by atoms with Crippen molar-refractivity contribution in [1.82, 2.24) is 9.13 Å². The maximum absolute atomic E-state index is 12.0. The van der Waals surface area contributed by atoms with Crippen LogP contribution < -0.4 is 11.2 Å². The van der Waals surface area contributed by atoms with Crippen LogP contribution in [0.25, 0.3) is 6.20 Å². The molecule has 2 aromatic rings. The molecule has 1 heterocycles. The van der Waals surface area contributed by atoms with E-state index in [1.807, 2.05) is 36.2 Å². The van der Waals surface area contributed by atoms with Crippen molar-refractivity contribution < 1.29 is 0 Å². The van der Waals surface area contributed by atoms with Crippen LogP contribution in [0.5, 0.6) is 0 Å². The van der Waals surface area contributed by atoms with Crippen LogP contribution in [0.15, 0.2) is 52.2 Å². The minimum Gasteiger partial charge on any atom is -0.269 e. The molecular weight excluding hydrogens is 230 g/mol. The molecule has 0 amide bonds. The first-order valence-electron chi connectivity index (χ1n) is 5.34. The Morgan fingerprint density at radius 3 is 2.56 bits per heavy atom. The van der Waals surface area contributed by atoms with Crippen LogP contribution in [-0.2, 0) is 6.54 Å². The average molecular weight is 241 g/mol. The Morgan fingerprint density at radius 1 is 1.17 bits per heavy atom. The van der Waals surface area contributed by atoms with Crippen LogP contribution in [0.2, 0.25) is 0 Å². The SMILES string of the molecule is N=C=Cn1ccc(=O)n(Cc2ccccc2)c1=O. The minimum atomic E-state index is -0.480. The Kier molecular flexibility index (Phi) is 3.36. The molecule has 2 rings (SSSR count). The van der Waals surface area contributed by atoms with Gasteiger partial charge in [-0.1, -0.05) is 30.3 Å². The molecule has 0 aliphatic heterocycles. The van der Waals surface area contributed by atoms with Crippen LogP contribution in [-0.4, -0.2) is 15.0 Å². The standard InChI is InChI=1S/C13H11N3O2/c14-7-9-15-8-6-12(17)16(13(15)18)10-11-4-2-1-3-5-11/h1-6,8-9,14H,10H2. The first-order chi connectivity index (χ1) is 8.72. The first-order valence-corrected chi connectivity index (χ1v) is 5.34. The monoisotopic (exact) mass is 241 g/mol. The molecule has 0 fully saturated rings. The summed E-state index contributed by atoms with van der Waals surface area (Å²) >= 11 is 0. The fourth-order valence-electron chi connectivity index (χ4n) is 1.61. The Balaban J connectivity index is 2.51. The Labute approximate surface area is 103 Å². The highest BCUT2D eigenvalue weighted by atomic mass is 16.2. The van der Waals surface area contributed by atoms with E-state index in [2.05, 4.69) is 0 Å². The molecule has 90 valence electrons. The molecule has 0 unspecified atom stereocenters. The smallest absolute Gasteiger partial charge is 0.269 e. The molecule has 0 saturated heterocycles.